The summed E-state index contributed by atoms with van der Waals surface area (Å²) in [5, 5.41) is 2.85. The minimum Gasteiger partial charge on any atom is -0.454 e. The summed E-state index contributed by atoms with van der Waals surface area (Å²) in [6.07, 6.45) is 4.52. The molecule has 0 aromatic rings. The van der Waals surface area contributed by atoms with E-state index in [4.69, 9.17) is 14.2 Å². The fraction of sp³-hybridized carbons (Fsp3) is 0.889. The number of rotatable bonds is 11. The van der Waals surface area contributed by atoms with Gasteiger partial charge in [0.25, 0.3) is 5.91 Å². The van der Waals surface area contributed by atoms with Crippen molar-refractivity contribution < 1.29 is 23.8 Å². The Labute approximate surface area is 145 Å². The van der Waals surface area contributed by atoms with Gasteiger partial charge in [0.15, 0.2) is 12.7 Å². The molecule has 1 N–H and O–H groups in total. The lowest BCUT2D eigenvalue weighted by Gasteiger charge is -2.17. The van der Waals surface area contributed by atoms with Gasteiger partial charge in [-0.2, -0.15) is 0 Å². The summed E-state index contributed by atoms with van der Waals surface area (Å²) < 4.78 is 15.9. The number of amides is 1. The number of esters is 1. The summed E-state index contributed by atoms with van der Waals surface area (Å²) >= 11 is 0. The maximum absolute atomic E-state index is 11.8. The third-order valence-corrected chi connectivity index (χ3v) is 4.06. The van der Waals surface area contributed by atoms with E-state index in [2.05, 4.69) is 19.2 Å². The van der Waals surface area contributed by atoms with Gasteiger partial charge in [0.05, 0.1) is 12.7 Å². The highest BCUT2D eigenvalue weighted by Gasteiger charge is 2.21. The van der Waals surface area contributed by atoms with Crippen LogP contribution < -0.4 is 5.32 Å². The molecule has 6 heteroatoms. The topological polar surface area (TPSA) is 73.9 Å². The summed E-state index contributed by atoms with van der Waals surface area (Å²) in [4.78, 5) is 23.6. The molecule has 0 radical (unpaired) electrons. The van der Waals surface area contributed by atoms with Gasteiger partial charge in [-0.15, -0.1) is 0 Å². The molecule has 1 aliphatic heterocycles. The second-order valence-corrected chi connectivity index (χ2v) is 7.01. The Balaban J connectivity index is 2.11. The summed E-state index contributed by atoms with van der Waals surface area (Å²) in [6.45, 7) is 8.84. The Morgan fingerprint density at radius 1 is 1.21 bits per heavy atom. The molecule has 24 heavy (non-hydrogen) atoms. The fourth-order valence-corrected chi connectivity index (χ4v) is 2.57. The van der Waals surface area contributed by atoms with Gasteiger partial charge in [0, 0.05) is 12.6 Å². The lowest BCUT2D eigenvalue weighted by molar-refractivity contribution is -0.160. The Hall–Kier alpha value is -1.14. The van der Waals surface area contributed by atoms with E-state index < -0.39 is 12.1 Å². The van der Waals surface area contributed by atoms with Crippen molar-refractivity contribution in [2.24, 2.45) is 5.92 Å². The van der Waals surface area contributed by atoms with Gasteiger partial charge in [-0.3, -0.25) is 4.79 Å². The van der Waals surface area contributed by atoms with Crippen LogP contribution in [-0.4, -0.2) is 49.9 Å². The molecule has 1 saturated heterocycles. The smallest absolute Gasteiger partial charge is 0.335 e. The van der Waals surface area contributed by atoms with Gasteiger partial charge < -0.3 is 19.5 Å². The molecule has 0 aromatic heterocycles. The molecule has 0 saturated carbocycles. The Morgan fingerprint density at radius 2 is 1.96 bits per heavy atom. The van der Waals surface area contributed by atoms with E-state index in [0.29, 0.717) is 12.5 Å². The van der Waals surface area contributed by atoms with Crippen LogP contribution in [0, 0.1) is 5.92 Å². The molecule has 1 rings (SSSR count). The van der Waals surface area contributed by atoms with Crippen molar-refractivity contribution in [2.75, 3.05) is 19.8 Å². The number of hydrogen-bond donors (Lipinski definition) is 1. The van der Waals surface area contributed by atoms with Crippen LogP contribution in [0.1, 0.15) is 59.8 Å². The number of nitrogens with one attached hydrogen (secondary N) is 1. The van der Waals surface area contributed by atoms with Gasteiger partial charge in [-0.05, 0) is 39.0 Å². The van der Waals surface area contributed by atoms with E-state index in [9.17, 15) is 9.59 Å². The van der Waals surface area contributed by atoms with Gasteiger partial charge in [-0.1, -0.05) is 26.7 Å². The SMILES string of the molecule is CC(C)CCCC(C)NC(=O)COC(=O)C(C)OCC1CCCO1. The summed E-state index contributed by atoms with van der Waals surface area (Å²) in [7, 11) is 0. The first-order chi connectivity index (χ1) is 11.4. The minimum atomic E-state index is -0.689. The molecule has 0 spiro atoms. The predicted molar refractivity (Wildman–Crippen MR) is 91.6 cm³/mol. The van der Waals surface area contributed by atoms with Crippen LogP contribution in [0.15, 0.2) is 0 Å². The number of carbonyl (C=O) groups excluding carboxylic acids is 2. The second kappa shape index (κ2) is 11.4. The molecule has 0 aromatic carbocycles. The molecule has 1 amide bonds. The van der Waals surface area contributed by atoms with Crippen LogP contribution in [0.25, 0.3) is 0 Å². The lowest BCUT2D eigenvalue weighted by atomic mass is 10.0. The average Bonchev–Trinajstić information content (AvgIpc) is 3.03. The number of hydrogen-bond acceptors (Lipinski definition) is 5. The molecule has 3 atom stereocenters. The average molecular weight is 343 g/mol. The van der Waals surface area contributed by atoms with Gasteiger partial charge in [0.2, 0.25) is 0 Å². The van der Waals surface area contributed by atoms with E-state index >= 15 is 0 Å². The molecule has 6 nitrogen and oxygen atoms in total. The first-order valence-corrected chi connectivity index (χ1v) is 9.07. The Morgan fingerprint density at radius 3 is 2.58 bits per heavy atom. The maximum atomic E-state index is 11.8. The number of ether oxygens (including phenoxy) is 3. The summed E-state index contributed by atoms with van der Waals surface area (Å²) in [5.41, 5.74) is 0. The second-order valence-electron chi connectivity index (χ2n) is 7.01. The zero-order valence-corrected chi connectivity index (χ0v) is 15.5. The van der Waals surface area contributed by atoms with E-state index in [1.54, 1.807) is 6.92 Å². The normalized spacial score (nSPS) is 20.0. The molecule has 1 aliphatic rings. The summed E-state index contributed by atoms with van der Waals surface area (Å²) in [5.74, 6) is -0.118. The fourth-order valence-electron chi connectivity index (χ4n) is 2.57. The first-order valence-electron chi connectivity index (χ1n) is 9.07. The van der Waals surface area contributed by atoms with Crippen LogP contribution >= 0.6 is 0 Å². The van der Waals surface area contributed by atoms with E-state index in [-0.39, 0.29) is 24.7 Å². The molecule has 1 heterocycles. The lowest BCUT2D eigenvalue weighted by Crippen LogP contribution is -2.37. The van der Waals surface area contributed by atoms with Crippen LogP contribution in [0.2, 0.25) is 0 Å². The molecule has 0 aliphatic carbocycles. The quantitative estimate of drug-likeness (QED) is 0.583. The highest BCUT2D eigenvalue weighted by atomic mass is 16.6. The van der Waals surface area contributed by atoms with Crippen LogP contribution in [0.5, 0.6) is 0 Å². The highest BCUT2D eigenvalue weighted by Crippen LogP contribution is 2.13. The van der Waals surface area contributed by atoms with E-state index in [1.165, 1.54) is 0 Å². The van der Waals surface area contributed by atoms with Gasteiger partial charge in [-0.25, -0.2) is 4.79 Å². The van der Waals surface area contributed by atoms with Crippen molar-refractivity contribution in [3.8, 4) is 0 Å². The van der Waals surface area contributed by atoms with Crippen LogP contribution in [0.4, 0.5) is 0 Å². The van der Waals surface area contributed by atoms with Gasteiger partial charge >= 0.3 is 5.97 Å². The van der Waals surface area contributed by atoms with E-state index in [0.717, 1.165) is 38.7 Å². The van der Waals surface area contributed by atoms with E-state index in [1.807, 2.05) is 6.92 Å². The first kappa shape index (κ1) is 20.9. The summed E-state index contributed by atoms with van der Waals surface area (Å²) in [6, 6.07) is 0.0862. The third kappa shape index (κ3) is 9.23. The van der Waals surface area contributed by atoms with Crippen molar-refractivity contribution >= 4 is 11.9 Å². The molecule has 3 unspecified atom stereocenters. The van der Waals surface area contributed by atoms with Gasteiger partial charge in [0.1, 0.15) is 0 Å². The zero-order valence-electron chi connectivity index (χ0n) is 15.5. The predicted octanol–water partition coefficient (Wildman–Crippen LogP) is 2.44. The Kier molecular flexibility index (Phi) is 9.95. The van der Waals surface area contributed by atoms with Crippen molar-refractivity contribution in [2.45, 2.75) is 78.0 Å². The maximum Gasteiger partial charge on any atom is 0.335 e. The minimum absolute atomic E-state index is 0.0650. The van der Waals surface area contributed by atoms with Crippen molar-refractivity contribution in [1.82, 2.24) is 5.32 Å². The number of carbonyl (C=O) groups is 2. The van der Waals surface area contributed by atoms with Crippen molar-refractivity contribution in [1.29, 1.82) is 0 Å². The molecule has 0 bridgehead atoms. The zero-order chi connectivity index (χ0) is 17.9. The molecule has 140 valence electrons. The molecular weight excluding hydrogens is 310 g/mol. The van der Waals surface area contributed by atoms with Crippen molar-refractivity contribution in [3.05, 3.63) is 0 Å². The molecule has 1 fully saturated rings. The monoisotopic (exact) mass is 343 g/mol. The largest absolute Gasteiger partial charge is 0.454 e. The molecular formula is C18H33NO5. The third-order valence-electron chi connectivity index (χ3n) is 4.06. The van der Waals surface area contributed by atoms with Crippen LogP contribution in [-0.2, 0) is 23.8 Å². The van der Waals surface area contributed by atoms with Crippen molar-refractivity contribution in [3.63, 3.8) is 0 Å². The Bertz CT molecular complexity index is 380. The standard InChI is InChI=1S/C18H33NO5/c1-13(2)7-5-8-14(3)19-17(20)12-24-18(21)15(4)23-11-16-9-6-10-22-16/h13-16H,5-12H2,1-4H3,(H,19,20). The highest BCUT2D eigenvalue weighted by molar-refractivity contribution is 5.81. The van der Waals surface area contributed by atoms with Crippen LogP contribution in [0.3, 0.4) is 0 Å².